The van der Waals surface area contributed by atoms with Gasteiger partial charge in [0.25, 0.3) is 0 Å². The maximum atomic E-state index is 11.5. The number of carbonyl (C=O) groups is 1. The number of hydrogen-bond donors (Lipinski definition) is 1. The van der Waals surface area contributed by atoms with Gasteiger partial charge < -0.3 is 5.32 Å². The highest BCUT2D eigenvalue weighted by Crippen LogP contribution is 1.99. The van der Waals surface area contributed by atoms with Gasteiger partial charge in [0.05, 0.1) is 6.42 Å². The lowest BCUT2D eigenvalue weighted by atomic mass is 10.1. The molecular weight excluding hydrogens is 198 g/mol. The molecule has 0 saturated carbocycles. The van der Waals surface area contributed by atoms with Gasteiger partial charge >= 0.3 is 0 Å². The highest BCUT2D eigenvalue weighted by atomic mass is 16.1. The Morgan fingerprint density at radius 3 is 2.75 bits per heavy atom. The molecule has 1 amide bonds. The predicted octanol–water partition coefficient (Wildman–Crippen LogP) is 2.15. The lowest BCUT2D eigenvalue weighted by Gasteiger charge is -2.03. The van der Waals surface area contributed by atoms with E-state index in [1.165, 1.54) is 0 Å². The van der Waals surface area contributed by atoms with Crippen LogP contribution in [0.2, 0.25) is 0 Å². The molecule has 0 fully saturated rings. The third-order valence-corrected chi connectivity index (χ3v) is 2.19. The monoisotopic (exact) mass is 215 g/mol. The molecule has 1 aromatic rings. The molecular formula is C14H17NO. The predicted molar refractivity (Wildman–Crippen MR) is 65.8 cm³/mol. The van der Waals surface area contributed by atoms with Crippen LogP contribution in [0.4, 0.5) is 0 Å². The van der Waals surface area contributed by atoms with Crippen LogP contribution in [0.15, 0.2) is 30.3 Å². The van der Waals surface area contributed by atoms with Crippen molar-refractivity contribution in [2.24, 2.45) is 0 Å². The topological polar surface area (TPSA) is 29.1 Å². The molecule has 0 saturated heterocycles. The zero-order chi connectivity index (χ0) is 11.6. The van der Waals surface area contributed by atoms with Gasteiger partial charge in [0.15, 0.2) is 0 Å². The number of benzene rings is 1. The summed E-state index contributed by atoms with van der Waals surface area (Å²) in [5.74, 6) is 5.88. The van der Waals surface area contributed by atoms with Gasteiger partial charge in [-0.1, -0.05) is 30.3 Å². The van der Waals surface area contributed by atoms with E-state index in [1.807, 2.05) is 37.3 Å². The van der Waals surface area contributed by atoms with E-state index >= 15 is 0 Å². The Morgan fingerprint density at radius 1 is 1.31 bits per heavy atom. The minimum absolute atomic E-state index is 0.0793. The van der Waals surface area contributed by atoms with Gasteiger partial charge in [0, 0.05) is 13.0 Å². The van der Waals surface area contributed by atoms with Crippen LogP contribution in [0.5, 0.6) is 0 Å². The fraction of sp³-hybridized carbons (Fsp3) is 0.357. The third kappa shape index (κ3) is 5.21. The summed E-state index contributed by atoms with van der Waals surface area (Å²) in [6.45, 7) is 2.54. The second-order valence-electron chi connectivity index (χ2n) is 3.54. The van der Waals surface area contributed by atoms with E-state index in [1.54, 1.807) is 0 Å². The zero-order valence-electron chi connectivity index (χ0n) is 9.62. The van der Waals surface area contributed by atoms with Crippen LogP contribution < -0.4 is 5.32 Å². The number of hydrogen-bond acceptors (Lipinski definition) is 1. The summed E-state index contributed by atoms with van der Waals surface area (Å²) in [7, 11) is 0. The van der Waals surface area contributed by atoms with Crippen LogP contribution in [-0.2, 0) is 11.2 Å². The van der Waals surface area contributed by atoms with Gasteiger partial charge in [0.2, 0.25) is 5.91 Å². The smallest absolute Gasteiger partial charge is 0.224 e. The molecule has 84 valence electrons. The van der Waals surface area contributed by atoms with Crippen molar-refractivity contribution >= 4 is 5.91 Å². The summed E-state index contributed by atoms with van der Waals surface area (Å²) in [4.78, 5) is 11.5. The van der Waals surface area contributed by atoms with Gasteiger partial charge in [-0.25, -0.2) is 0 Å². The molecule has 0 heterocycles. The van der Waals surface area contributed by atoms with Gasteiger partial charge in [-0.15, -0.1) is 11.8 Å². The minimum Gasteiger partial charge on any atom is -0.356 e. The standard InChI is InChI=1S/C14H17NO/c1-2-3-4-8-11-15-14(16)12-13-9-6-5-7-10-13/h5-7,9-10H,4,8,11-12H2,1H3,(H,15,16). The van der Waals surface area contributed by atoms with E-state index in [0.29, 0.717) is 13.0 Å². The van der Waals surface area contributed by atoms with Gasteiger partial charge in [0.1, 0.15) is 0 Å². The summed E-state index contributed by atoms with van der Waals surface area (Å²) in [6.07, 6.45) is 2.23. The van der Waals surface area contributed by atoms with Crippen LogP contribution >= 0.6 is 0 Å². The number of nitrogens with one attached hydrogen (secondary N) is 1. The third-order valence-electron chi connectivity index (χ3n) is 2.19. The summed E-state index contributed by atoms with van der Waals surface area (Å²) < 4.78 is 0. The fourth-order valence-electron chi connectivity index (χ4n) is 1.37. The maximum Gasteiger partial charge on any atom is 0.224 e. The Morgan fingerprint density at radius 2 is 2.06 bits per heavy atom. The van der Waals surface area contributed by atoms with E-state index in [4.69, 9.17) is 0 Å². The summed E-state index contributed by atoms with van der Waals surface area (Å²) >= 11 is 0. The molecule has 1 aromatic carbocycles. The molecule has 2 nitrogen and oxygen atoms in total. The van der Waals surface area contributed by atoms with E-state index in [0.717, 1.165) is 18.4 Å². The Hall–Kier alpha value is -1.75. The first-order valence-corrected chi connectivity index (χ1v) is 5.53. The second kappa shape index (κ2) is 7.53. The van der Waals surface area contributed by atoms with Crippen LogP contribution in [0.3, 0.4) is 0 Å². The van der Waals surface area contributed by atoms with Gasteiger partial charge in [-0.3, -0.25) is 4.79 Å². The molecule has 0 unspecified atom stereocenters. The van der Waals surface area contributed by atoms with Crippen molar-refractivity contribution in [1.82, 2.24) is 5.32 Å². The van der Waals surface area contributed by atoms with Crippen molar-refractivity contribution in [2.45, 2.75) is 26.2 Å². The molecule has 0 bridgehead atoms. The van der Waals surface area contributed by atoms with Gasteiger partial charge in [-0.2, -0.15) is 0 Å². The molecule has 0 aromatic heterocycles. The minimum atomic E-state index is 0.0793. The summed E-state index contributed by atoms with van der Waals surface area (Å²) in [5.41, 5.74) is 1.05. The molecule has 0 aliphatic rings. The number of rotatable bonds is 5. The molecule has 1 N–H and O–H groups in total. The quantitative estimate of drug-likeness (QED) is 0.592. The Bertz CT molecular complexity index is 373. The highest BCUT2D eigenvalue weighted by Gasteiger charge is 2.00. The Balaban J connectivity index is 2.18. The Kier molecular flexibility index (Phi) is 5.80. The summed E-state index contributed by atoms with van der Waals surface area (Å²) in [5, 5.41) is 2.88. The van der Waals surface area contributed by atoms with Crippen LogP contribution in [0.25, 0.3) is 0 Å². The Labute approximate surface area is 97.1 Å². The number of amides is 1. The highest BCUT2D eigenvalue weighted by molar-refractivity contribution is 5.78. The first-order valence-electron chi connectivity index (χ1n) is 5.53. The lowest BCUT2D eigenvalue weighted by Crippen LogP contribution is -2.25. The first-order chi connectivity index (χ1) is 7.83. The van der Waals surface area contributed by atoms with Crippen molar-refractivity contribution in [2.75, 3.05) is 6.54 Å². The van der Waals surface area contributed by atoms with Crippen molar-refractivity contribution in [1.29, 1.82) is 0 Å². The second-order valence-corrected chi connectivity index (χ2v) is 3.54. The van der Waals surface area contributed by atoms with E-state index in [2.05, 4.69) is 17.2 Å². The van der Waals surface area contributed by atoms with E-state index in [-0.39, 0.29) is 5.91 Å². The zero-order valence-corrected chi connectivity index (χ0v) is 9.62. The van der Waals surface area contributed by atoms with Crippen molar-refractivity contribution in [3.8, 4) is 11.8 Å². The maximum absolute atomic E-state index is 11.5. The molecule has 16 heavy (non-hydrogen) atoms. The molecule has 0 radical (unpaired) electrons. The molecule has 1 rings (SSSR count). The fourth-order valence-corrected chi connectivity index (χ4v) is 1.37. The van der Waals surface area contributed by atoms with Crippen molar-refractivity contribution in [3.63, 3.8) is 0 Å². The summed E-state index contributed by atoms with van der Waals surface area (Å²) in [6, 6.07) is 9.76. The van der Waals surface area contributed by atoms with Gasteiger partial charge in [-0.05, 0) is 18.9 Å². The van der Waals surface area contributed by atoms with Crippen LogP contribution in [0, 0.1) is 11.8 Å². The van der Waals surface area contributed by atoms with Crippen LogP contribution in [-0.4, -0.2) is 12.5 Å². The van der Waals surface area contributed by atoms with Crippen molar-refractivity contribution < 1.29 is 4.79 Å². The number of carbonyl (C=O) groups excluding carboxylic acids is 1. The SMILES string of the molecule is CC#CCCCNC(=O)Cc1ccccc1. The van der Waals surface area contributed by atoms with E-state index in [9.17, 15) is 4.79 Å². The molecule has 0 aliphatic heterocycles. The molecule has 0 atom stereocenters. The average molecular weight is 215 g/mol. The normalized spacial score (nSPS) is 9.06. The lowest BCUT2D eigenvalue weighted by molar-refractivity contribution is -0.120. The average Bonchev–Trinajstić information content (AvgIpc) is 2.30. The molecule has 2 heteroatoms. The molecule has 0 aliphatic carbocycles. The largest absolute Gasteiger partial charge is 0.356 e. The first kappa shape index (κ1) is 12.3. The number of unbranched alkanes of at least 4 members (excludes halogenated alkanes) is 1. The van der Waals surface area contributed by atoms with Crippen LogP contribution in [0.1, 0.15) is 25.3 Å². The molecule has 0 spiro atoms. The van der Waals surface area contributed by atoms with E-state index < -0.39 is 0 Å². The van der Waals surface area contributed by atoms with Crippen molar-refractivity contribution in [3.05, 3.63) is 35.9 Å².